The fourth-order valence-corrected chi connectivity index (χ4v) is 2.69. The van der Waals surface area contributed by atoms with Crippen LogP contribution in [0.4, 0.5) is 5.82 Å². The van der Waals surface area contributed by atoms with Crippen molar-refractivity contribution in [2.45, 2.75) is 13.8 Å². The number of hydrogen-bond acceptors (Lipinski definition) is 4. The molecular weight excluding hydrogens is 274 g/mol. The van der Waals surface area contributed by atoms with Gasteiger partial charge in [-0.25, -0.2) is 0 Å². The van der Waals surface area contributed by atoms with Gasteiger partial charge in [-0.3, -0.25) is 9.48 Å². The van der Waals surface area contributed by atoms with Crippen molar-refractivity contribution >= 4 is 23.1 Å². The number of thiophene rings is 1. The first kappa shape index (κ1) is 14.3. The van der Waals surface area contributed by atoms with Crippen LogP contribution in [0.5, 0.6) is 0 Å². The van der Waals surface area contributed by atoms with Gasteiger partial charge in [-0.15, -0.1) is 11.3 Å². The Morgan fingerprint density at radius 2 is 2.25 bits per heavy atom. The first-order valence-corrected chi connectivity index (χ1v) is 6.85. The molecule has 0 aromatic carbocycles. The lowest BCUT2D eigenvalue weighted by Crippen LogP contribution is -2.13. The summed E-state index contributed by atoms with van der Waals surface area (Å²) in [5.74, 6) is 5.90. The van der Waals surface area contributed by atoms with Gasteiger partial charge in [0.05, 0.1) is 15.4 Å². The van der Waals surface area contributed by atoms with Gasteiger partial charge in [0.15, 0.2) is 0 Å². The van der Waals surface area contributed by atoms with Gasteiger partial charge >= 0.3 is 0 Å². The molecule has 0 aliphatic rings. The topological polar surface area (TPSA) is 67.2 Å². The van der Waals surface area contributed by atoms with E-state index in [9.17, 15) is 4.79 Å². The normalized spacial score (nSPS) is 10.0. The fraction of sp³-hybridized carbons (Fsp3) is 0.286. The molecule has 0 fully saturated rings. The predicted octanol–water partition coefficient (Wildman–Crippen LogP) is 1.69. The molecule has 2 aromatic rings. The van der Waals surface area contributed by atoms with Crippen LogP contribution in [0.1, 0.15) is 25.8 Å². The van der Waals surface area contributed by atoms with Crippen LogP contribution in [0, 0.1) is 25.7 Å². The second-order valence-electron chi connectivity index (χ2n) is 4.33. The van der Waals surface area contributed by atoms with E-state index in [-0.39, 0.29) is 12.5 Å². The van der Waals surface area contributed by atoms with Crippen molar-refractivity contribution in [2.24, 2.45) is 7.05 Å². The molecule has 0 radical (unpaired) electrons. The summed E-state index contributed by atoms with van der Waals surface area (Å²) in [4.78, 5) is 13.6. The van der Waals surface area contributed by atoms with E-state index in [2.05, 4.69) is 22.3 Å². The highest BCUT2D eigenvalue weighted by atomic mass is 32.1. The van der Waals surface area contributed by atoms with E-state index in [0.29, 0.717) is 10.7 Å². The number of nitrogens with one attached hydrogen (secondary N) is 1. The maximum atomic E-state index is 12.2. The zero-order valence-corrected chi connectivity index (χ0v) is 12.3. The first-order chi connectivity index (χ1) is 9.51. The van der Waals surface area contributed by atoms with Crippen molar-refractivity contribution in [3.63, 3.8) is 0 Å². The van der Waals surface area contributed by atoms with Crippen molar-refractivity contribution in [1.82, 2.24) is 9.78 Å². The van der Waals surface area contributed by atoms with Crippen LogP contribution in [0.3, 0.4) is 0 Å². The number of aliphatic hydroxyl groups excluding tert-OH is 1. The van der Waals surface area contributed by atoms with Crippen molar-refractivity contribution in [2.75, 3.05) is 11.9 Å². The number of nitrogens with zero attached hydrogens (tertiary/aromatic N) is 2. The SMILES string of the molecule is Cc1cc(NC(=O)c2cc(C)c(C#CCO)s2)n(C)n1. The average molecular weight is 289 g/mol. The summed E-state index contributed by atoms with van der Waals surface area (Å²) in [6.45, 7) is 3.57. The maximum Gasteiger partial charge on any atom is 0.266 e. The Hall–Kier alpha value is -2.10. The summed E-state index contributed by atoms with van der Waals surface area (Å²) < 4.78 is 1.63. The van der Waals surface area contributed by atoms with Gasteiger partial charge in [-0.05, 0) is 25.5 Å². The van der Waals surface area contributed by atoms with Gasteiger partial charge in [0, 0.05) is 13.1 Å². The molecule has 0 spiro atoms. The molecule has 6 heteroatoms. The van der Waals surface area contributed by atoms with Gasteiger partial charge in [0.2, 0.25) is 0 Å². The molecule has 1 amide bonds. The second kappa shape index (κ2) is 5.90. The Bertz CT molecular complexity index is 704. The van der Waals surface area contributed by atoms with Crippen LogP contribution >= 0.6 is 11.3 Å². The molecule has 0 bridgehead atoms. The first-order valence-electron chi connectivity index (χ1n) is 6.03. The minimum Gasteiger partial charge on any atom is -0.384 e. The largest absolute Gasteiger partial charge is 0.384 e. The average Bonchev–Trinajstić information content (AvgIpc) is 2.90. The summed E-state index contributed by atoms with van der Waals surface area (Å²) in [5.41, 5.74) is 1.78. The number of aliphatic hydroxyl groups is 1. The predicted molar refractivity (Wildman–Crippen MR) is 78.9 cm³/mol. The Balaban J connectivity index is 2.19. The van der Waals surface area contributed by atoms with Crippen molar-refractivity contribution in [3.05, 3.63) is 33.1 Å². The van der Waals surface area contributed by atoms with E-state index in [0.717, 1.165) is 16.1 Å². The number of rotatable bonds is 2. The lowest BCUT2D eigenvalue weighted by Gasteiger charge is -2.02. The number of amides is 1. The molecule has 2 rings (SSSR count). The number of hydrogen-bond donors (Lipinski definition) is 2. The summed E-state index contributed by atoms with van der Waals surface area (Å²) in [6.07, 6.45) is 0. The van der Waals surface area contributed by atoms with Gasteiger partial charge < -0.3 is 10.4 Å². The van der Waals surface area contributed by atoms with Crippen molar-refractivity contribution in [3.8, 4) is 11.8 Å². The molecule has 0 unspecified atom stereocenters. The third-order valence-electron chi connectivity index (χ3n) is 2.67. The van der Waals surface area contributed by atoms with Gasteiger partial charge in [-0.1, -0.05) is 11.8 Å². The zero-order chi connectivity index (χ0) is 14.7. The van der Waals surface area contributed by atoms with E-state index >= 15 is 0 Å². The number of carbonyl (C=O) groups is 1. The van der Waals surface area contributed by atoms with Crippen molar-refractivity contribution in [1.29, 1.82) is 0 Å². The minimum atomic E-state index is -0.187. The Kier molecular flexibility index (Phi) is 4.23. The zero-order valence-electron chi connectivity index (χ0n) is 11.5. The molecule has 2 aromatic heterocycles. The van der Waals surface area contributed by atoms with E-state index in [1.165, 1.54) is 11.3 Å². The third-order valence-corrected chi connectivity index (χ3v) is 3.82. The Morgan fingerprint density at radius 1 is 1.50 bits per heavy atom. The number of anilines is 1. The van der Waals surface area contributed by atoms with E-state index in [4.69, 9.17) is 5.11 Å². The molecule has 0 aliphatic heterocycles. The van der Waals surface area contributed by atoms with Crippen LogP contribution in [0.2, 0.25) is 0 Å². The summed E-state index contributed by atoms with van der Waals surface area (Å²) in [5, 5.41) is 15.7. The highest BCUT2D eigenvalue weighted by Gasteiger charge is 2.13. The fourth-order valence-electron chi connectivity index (χ4n) is 1.74. The summed E-state index contributed by atoms with van der Waals surface area (Å²) in [7, 11) is 1.78. The molecule has 0 saturated carbocycles. The number of aryl methyl sites for hydroxylation is 3. The highest BCUT2D eigenvalue weighted by molar-refractivity contribution is 7.14. The molecule has 104 valence electrons. The lowest BCUT2D eigenvalue weighted by atomic mass is 10.2. The van der Waals surface area contributed by atoms with Crippen LogP contribution in [0.15, 0.2) is 12.1 Å². The van der Waals surface area contributed by atoms with E-state index in [1.807, 2.05) is 19.9 Å². The monoisotopic (exact) mass is 289 g/mol. The molecule has 2 N–H and O–H groups in total. The smallest absolute Gasteiger partial charge is 0.266 e. The molecule has 0 saturated heterocycles. The molecule has 20 heavy (non-hydrogen) atoms. The van der Waals surface area contributed by atoms with Gasteiger partial charge in [0.1, 0.15) is 12.4 Å². The Morgan fingerprint density at radius 3 is 2.85 bits per heavy atom. The van der Waals surface area contributed by atoms with Crippen LogP contribution in [-0.4, -0.2) is 27.4 Å². The van der Waals surface area contributed by atoms with E-state index in [1.54, 1.807) is 17.8 Å². The summed E-state index contributed by atoms with van der Waals surface area (Å²) >= 11 is 1.31. The van der Waals surface area contributed by atoms with Crippen LogP contribution in [0.25, 0.3) is 0 Å². The quantitative estimate of drug-likeness (QED) is 0.827. The third kappa shape index (κ3) is 3.07. The van der Waals surface area contributed by atoms with Crippen molar-refractivity contribution < 1.29 is 9.90 Å². The highest BCUT2D eigenvalue weighted by Crippen LogP contribution is 2.22. The molecular formula is C14H15N3O2S. The molecule has 0 aliphatic carbocycles. The molecule has 5 nitrogen and oxygen atoms in total. The standard InChI is InChI=1S/C14H15N3O2S/c1-9-7-12(20-11(9)5-4-6-18)14(19)15-13-8-10(2)16-17(13)3/h7-8,18H,6H2,1-3H3,(H,15,19). The van der Waals surface area contributed by atoms with E-state index < -0.39 is 0 Å². The lowest BCUT2D eigenvalue weighted by molar-refractivity contribution is 0.102. The maximum absolute atomic E-state index is 12.2. The Labute approximate surface area is 121 Å². The van der Waals surface area contributed by atoms with Gasteiger partial charge in [0.25, 0.3) is 5.91 Å². The van der Waals surface area contributed by atoms with Crippen LogP contribution < -0.4 is 5.32 Å². The number of carbonyl (C=O) groups excluding carboxylic acids is 1. The molecule has 2 heterocycles. The second-order valence-corrected chi connectivity index (χ2v) is 5.38. The molecule has 0 atom stereocenters. The van der Waals surface area contributed by atoms with Crippen LogP contribution in [-0.2, 0) is 7.05 Å². The summed E-state index contributed by atoms with van der Waals surface area (Å²) in [6, 6.07) is 3.61. The van der Waals surface area contributed by atoms with Gasteiger partial charge in [-0.2, -0.15) is 5.10 Å². The number of aromatic nitrogens is 2. The minimum absolute atomic E-state index is 0.182.